The number of para-hydroxylation sites is 2. The lowest BCUT2D eigenvalue weighted by Crippen LogP contribution is -2.25. The Morgan fingerprint density at radius 1 is 1.00 bits per heavy atom. The van der Waals surface area contributed by atoms with Crippen LogP contribution in [0.1, 0.15) is 31.2 Å². The molecule has 8 heteroatoms. The van der Waals surface area contributed by atoms with E-state index in [-0.39, 0.29) is 37.7 Å². The summed E-state index contributed by atoms with van der Waals surface area (Å²) in [6.07, 6.45) is 0.860. The van der Waals surface area contributed by atoms with Crippen LogP contribution in [-0.2, 0) is 14.4 Å². The van der Waals surface area contributed by atoms with Gasteiger partial charge in [-0.25, -0.2) is 5.01 Å². The summed E-state index contributed by atoms with van der Waals surface area (Å²) in [5.41, 5.74) is 7.45. The lowest BCUT2D eigenvalue weighted by atomic mass is 10.1. The molecular formula is C22H24N4O4. The number of amides is 3. The van der Waals surface area contributed by atoms with Gasteiger partial charge in [-0.1, -0.05) is 42.5 Å². The van der Waals surface area contributed by atoms with Crippen LogP contribution in [0.4, 0.5) is 5.69 Å². The van der Waals surface area contributed by atoms with Crippen molar-refractivity contribution in [3.63, 3.8) is 0 Å². The summed E-state index contributed by atoms with van der Waals surface area (Å²) in [6, 6.07) is 16.6. The Balaban J connectivity index is 1.50. The van der Waals surface area contributed by atoms with Gasteiger partial charge in [0.25, 0.3) is 0 Å². The first kappa shape index (κ1) is 21.0. The molecule has 0 saturated heterocycles. The smallest absolute Gasteiger partial charge is 0.243 e. The van der Waals surface area contributed by atoms with Crippen molar-refractivity contribution in [1.82, 2.24) is 5.01 Å². The number of primary amides is 1. The first-order chi connectivity index (χ1) is 14.5. The van der Waals surface area contributed by atoms with E-state index in [2.05, 4.69) is 10.4 Å². The Bertz CT molecular complexity index is 943. The monoisotopic (exact) mass is 408 g/mol. The maximum atomic E-state index is 12.4. The zero-order chi connectivity index (χ0) is 21.3. The molecule has 1 aliphatic heterocycles. The molecule has 2 aromatic rings. The lowest BCUT2D eigenvalue weighted by Gasteiger charge is -2.13. The zero-order valence-corrected chi connectivity index (χ0v) is 16.5. The maximum Gasteiger partial charge on any atom is 0.243 e. The van der Waals surface area contributed by atoms with Crippen molar-refractivity contribution in [2.45, 2.75) is 25.7 Å². The van der Waals surface area contributed by atoms with E-state index in [0.717, 1.165) is 11.3 Å². The summed E-state index contributed by atoms with van der Waals surface area (Å²) in [6.45, 7) is 0.638. The molecule has 156 valence electrons. The molecule has 0 radical (unpaired) electrons. The fourth-order valence-corrected chi connectivity index (χ4v) is 2.99. The summed E-state index contributed by atoms with van der Waals surface area (Å²) >= 11 is 0. The Morgan fingerprint density at radius 3 is 2.50 bits per heavy atom. The van der Waals surface area contributed by atoms with Crippen LogP contribution in [0.25, 0.3) is 0 Å². The Morgan fingerprint density at radius 2 is 1.73 bits per heavy atom. The van der Waals surface area contributed by atoms with Gasteiger partial charge in [0, 0.05) is 19.3 Å². The van der Waals surface area contributed by atoms with Crippen LogP contribution in [0.15, 0.2) is 59.7 Å². The minimum atomic E-state index is -0.463. The molecule has 0 unspecified atom stereocenters. The number of benzene rings is 2. The van der Waals surface area contributed by atoms with Crippen LogP contribution in [-0.4, -0.2) is 41.6 Å². The number of carbonyl (C=O) groups excluding carboxylic acids is 3. The van der Waals surface area contributed by atoms with Crippen LogP contribution in [0.3, 0.4) is 0 Å². The van der Waals surface area contributed by atoms with Crippen molar-refractivity contribution in [2.24, 2.45) is 10.8 Å². The van der Waals surface area contributed by atoms with Crippen LogP contribution < -0.4 is 15.8 Å². The molecule has 0 bridgehead atoms. The Kier molecular flexibility index (Phi) is 7.15. The summed E-state index contributed by atoms with van der Waals surface area (Å²) < 4.78 is 5.50. The first-order valence-corrected chi connectivity index (χ1v) is 9.76. The average molecular weight is 408 g/mol. The highest BCUT2D eigenvalue weighted by molar-refractivity contribution is 6.03. The van der Waals surface area contributed by atoms with Gasteiger partial charge in [-0.15, -0.1) is 0 Å². The molecule has 0 atom stereocenters. The van der Waals surface area contributed by atoms with Gasteiger partial charge in [-0.2, -0.15) is 5.10 Å². The molecule has 0 saturated carbocycles. The van der Waals surface area contributed by atoms with E-state index in [1.54, 1.807) is 24.3 Å². The second-order valence-electron chi connectivity index (χ2n) is 6.79. The highest BCUT2D eigenvalue weighted by atomic mass is 16.5. The molecular weight excluding hydrogens is 384 g/mol. The number of nitrogens with two attached hydrogens (primary N) is 1. The van der Waals surface area contributed by atoms with Crippen molar-refractivity contribution in [2.75, 3.05) is 18.5 Å². The fourth-order valence-electron chi connectivity index (χ4n) is 2.99. The number of nitrogens with one attached hydrogen (secondary N) is 1. The molecule has 3 rings (SSSR count). The average Bonchev–Trinajstić information content (AvgIpc) is 3.24. The second kappa shape index (κ2) is 10.2. The van der Waals surface area contributed by atoms with Gasteiger partial charge in [0.1, 0.15) is 5.75 Å². The summed E-state index contributed by atoms with van der Waals surface area (Å²) in [5.74, 6) is -0.520. The highest BCUT2D eigenvalue weighted by Crippen LogP contribution is 2.24. The number of hydrogen-bond acceptors (Lipinski definition) is 5. The number of hydrogen-bond donors (Lipinski definition) is 2. The Labute approximate surface area is 174 Å². The number of hydrazone groups is 1. The first-order valence-electron chi connectivity index (χ1n) is 9.76. The minimum Gasteiger partial charge on any atom is -0.491 e. The molecule has 0 aromatic heterocycles. The van der Waals surface area contributed by atoms with Crippen LogP contribution in [0, 0.1) is 0 Å². The van der Waals surface area contributed by atoms with Crippen molar-refractivity contribution < 1.29 is 19.1 Å². The number of anilines is 1. The van der Waals surface area contributed by atoms with Gasteiger partial charge >= 0.3 is 0 Å². The largest absolute Gasteiger partial charge is 0.491 e. The lowest BCUT2D eigenvalue weighted by molar-refractivity contribution is -0.132. The van der Waals surface area contributed by atoms with E-state index in [9.17, 15) is 14.4 Å². The van der Waals surface area contributed by atoms with Gasteiger partial charge in [0.05, 0.1) is 31.0 Å². The van der Waals surface area contributed by atoms with Crippen LogP contribution >= 0.6 is 0 Å². The minimum absolute atomic E-state index is 0.0289. The Hall–Kier alpha value is -3.68. The molecule has 30 heavy (non-hydrogen) atoms. The van der Waals surface area contributed by atoms with E-state index in [1.807, 2.05) is 30.3 Å². The van der Waals surface area contributed by atoms with Crippen LogP contribution in [0.2, 0.25) is 0 Å². The van der Waals surface area contributed by atoms with E-state index < -0.39 is 5.91 Å². The van der Waals surface area contributed by atoms with Gasteiger partial charge in [-0.3, -0.25) is 14.4 Å². The van der Waals surface area contributed by atoms with Crippen LogP contribution in [0.5, 0.6) is 5.75 Å². The van der Waals surface area contributed by atoms with E-state index in [1.165, 1.54) is 5.01 Å². The molecule has 0 spiro atoms. The summed E-state index contributed by atoms with van der Waals surface area (Å²) in [4.78, 5) is 35.6. The highest BCUT2D eigenvalue weighted by Gasteiger charge is 2.22. The molecule has 2 aromatic carbocycles. The van der Waals surface area contributed by atoms with Gasteiger partial charge in [0.2, 0.25) is 17.7 Å². The quantitative estimate of drug-likeness (QED) is 0.662. The zero-order valence-electron chi connectivity index (χ0n) is 16.5. The van der Waals surface area contributed by atoms with E-state index in [4.69, 9.17) is 10.5 Å². The third kappa shape index (κ3) is 5.91. The predicted molar refractivity (Wildman–Crippen MR) is 113 cm³/mol. The summed E-state index contributed by atoms with van der Waals surface area (Å²) in [7, 11) is 0. The normalized spacial score (nSPS) is 12.9. The van der Waals surface area contributed by atoms with Crippen molar-refractivity contribution in [3.05, 3.63) is 60.2 Å². The SMILES string of the molecule is NC(=O)CCOc1ccccc1NC(=O)CCC(=O)N1CCC(c2ccccc2)=N1. The predicted octanol–water partition coefficient (Wildman–Crippen LogP) is 2.30. The maximum absolute atomic E-state index is 12.4. The standard InChI is InChI=1S/C22H24N4O4/c23-20(27)13-15-30-19-9-5-4-8-18(19)24-21(28)10-11-22(29)26-14-12-17(25-26)16-6-2-1-3-7-16/h1-9H,10-15H2,(H2,23,27)(H,24,28). The third-order valence-corrected chi connectivity index (χ3v) is 4.53. The topological polar surface area (TPSA) is 114 Å². The fraction of sp³-hybridized carbons (Fsp3) is 0.273. The van der Waals surface area contributed by atoms with E-state index in [0.29, 0.717) is 24.4 Å². The number of nitrogens with zero attached hydrogens (tertiary/aromatic N) is 2. The summed E-state index contributed by atoms with van der Waals surface area (Å²) in [5, 5.41) is 8.56. The van der Waals surface area contributed by atoms with Gasteiger partial charge in [-0.05, 0) is 17.7 Å². The molecule has 8 nitrogen and oxygen atoms in total. The molecule has 1 heterocycles. The van der Waals surface area contributed by atoms with Crippen molar-refractivity contribution in [3.8, 4) is 5.75 Å². The van der Waals surface area contributed by atoms with Gasteiger partial charge < -0.3 is 15.8 Å². The van der Waals surface area contributed by atoms with E-state index >= 15 is 0 Å². The molecule has 1 aliphatic rings. The molecule has 0 aliphatic carbocycles. The third-order valence-electron chi connectivity index (χ3n) is 4.53. The van der Waals surface area contributed by atoms with Crippen molar-refractivity contribution >= 4 is 29.1 Å². The molecule has 3 amide bonds. The number of carbonyl (C=O) groups is 3. The molecule has 3 N–H and O–H groups in total. The van der Waals surface area contributed by atoms with Gasteiger partial charge in [0.15, 0.2) is 0 Å². The molecule has 0 fully saturated rings. The second-order valence-corrected chi connectivity index (χ2v) is 6.79. The number of ether oxygens (including phenoxy) is 1. The number of rotatable bonds is 9. The van der Waals surface area contributed by atoms with Crippen molar-refractivity contribution in [1.29, 1.82) is 0 Å².